The highest BCUT2D eigenvalue weighted by atomic mass is 32.2. The number of thioether (sulfide) groups is 1. The number of likely N-dealkylation sites (N-methyl/N-ethyl adjacent to an activating group) is 1. The molecule has 1 aromatic heterocycles. The van der Waals surface area contributed by atoms with Gasteiger partial charge in [-0.15, -0.1) is 10.2 Å². The Morgan fingerprint density at radius 2 is 1.77 bits per heavy atom. The molecule has 7 heteroatoms. The zero-order valence-electron chi connectivity index (χ0n) is 17.4. The number of rotatable bonds is 6. The summed E-state index contributed by atoms with van der Waals surface area (Å²) in [5, 5.41) is 9.61. The summed E-state index contributed by atoms with van der Waals surface area (Å²) in [6, 6.07) is 20.5. The molecule has 0 spiro atoms. The first-order chi connectivity index (χ1) is 14.6. The zero-order valence-corrected chi connectivity index (χ0v) is 18.3. The van der Waals surface area contributed by atoms with E-state index in [4.69, 9.17) is 0 Å². The molecule has 0 aliphatic carbocycles. The van der Waals surface area contributed by atoms with Gasteiger partial charge in [-0.3, -0.25) is 9.36 Å². The molecule has 1 saturated heterocycles. The Morgan fingerprint density at radius 3 is 2.47 bits per heavy atom. The molecule has 4 rings (SSSR count). The molecule has 1 amide bonds. The Kier molecular flexibility index (Phi) is 6.50. The second-order valence-electron chi connectivity index (χ2n) is 7.73. The van der Waals surface area contributed by atoms with E-state index in [1.165, 1.54) is 11.8 Å². The first-order valence-corrected chi connectivity index (χ1v) is 11.3. The van der Waals surface area contributed by atoms with Gasteiger partial charge in [-0.05, 0) is 39.1 Å². The molecule has 1 unspecified atom stereocenters. The largest absolute Gasteiger partial charge is 0.340 e. The SMILES string of the molecule is CN(C)C1CCCN(C(=O)CSc2nnc(-c3ccccc3)n2-c2ccccc2)C1. The molecular formula is C23H27N5OS. The average Bonchev–Trinajstić information content (AvgIpc) is 3.22. The molecule has 30 heavy (non-hydrogen) atoms. The summed E-state index contributed by atoms with van der Waals surface area (Å²) < 4.78 is 2.03. The molecular weight excluding hydrogens is 394 g/mol. The van der Waals surface area contributed by atoms with Crippen LogP contribution in [0.4, 0.5) is 0 Å². The summed E-state index contributed by atoms with van der Waals surface area (Å²) in [5.41, 5.74) is 1.99. The molecule has 156 valence electrons. The lowest BCUT2D eigenvalue weighted by atomic mass is 10.1. The number of para-hydroxylation sites is 1. The van der Waals surface area contributed by atoms with Crippen molar-refractivity contribution in [3.63, 3.8) is 0 Å². The summed E-state index contributed by atoms with van der Waals surface area (Å²) in [5.74, 6) is 1.30. The zero-order chi connectivity index (χ0) is 20.9. The molecule has 2 aromatic carbocycles. The normalized spacial score (nSPS) is 16.8. The van der Waals surface area contributed by atoms with Crippen LogP contribution in [0, 0.1) is 0 Å². The number of hydrogen-bond acceptors (Lipinski definition) is 5. The van der Waals surface area contributed by atoms with Crippen LogP contribution in [-0.2, 0) is 4.79 Å². The van der Waals surface area contributed by atoms with Gasteiger partial charge in [-0.1, -0.05) is 60.3 Å². The third kappa shape index (κ3) is 4.57. The highest BCUT2D eigenvalue weighted by Crippen LogP contribution is 2.28. The van der Waals surface area contributed by atoms with Crippen LogP contribution in [0.1, 0.15) is 12.8 Å². The van der Waals surface area contributed by atoms with Crippen molar-refractivity contribution in [2.75, 3.05) is 32.9 Å². The average molecular weight is 422 g/mol. The minimum Gasteiger partial charge on any atom is -0.340 e. The van der Waals surface area contributed by atoms with Crippen molar-refractivity contribution in [3.8, 4) is 17.1 Å². The number of likely N-dealkylation sites (tertiary alicyclic amines) is 1. The van der Waals surface area contributed by atoms with Gasteiger partial charge in [0.2, 0.25) is 5.91 Å². The monoisotopic (exact) mass is 421 g/mol. The highest BCUT2D eigenvalue weighted by Gasteiger charge is 2.25. The van der Waals surface area contributed by atoms with Crippen LogP contribution in [0.5, 0.6) is 0 Å². The van der Waals surface area contributed by atoms with E-state index < -0.39 is 0 Å². The van der Waals surface area contributed by atoms with Crippen molar-refractivity contribution in [2.45, 2.75) is 24.0 Å². The van der Waals surface area contributed by atoms with Gasteiger partial charge in [0.1, 0.15) is 0 Å². The Bertz CT molecular complexity index is 974. The van der Waals surface area contributed by atoms with Crippen LogP contribution in [-0.4, -0.2) is 69.5 Å². The first kappa shape index (κ1) is 20.6. The fourth-order valence-corrected chi connectivity index (χ4v) is 4.62. The van der Waals surface area contributed by atoms with Crippen LogP contribution in [0.25, 0.3) is 17.1 Å². The summed E-state index contributed by atoms with van der Waals surface area (Å²) in [6.07, 6.45) is 2.20. The minimum atomic E-state index is 0.162. The fourth-order valence-electron chi connectivity index (χ4n) is 3.77. The summed E-state index contributed by atoms with van der Waals surface area (Å²) in [4.78, 5) is 17.1. The summed E-state index contributed by atoms with van der Waals surface area (Å²) >= 11 is 1.45. The molecule has 1 aliphatic rings. The van der Waals surface area contributed by atoms with Gasteiger partial charge >= 0.3 is 0 Å². The van der Waals surface area contributed by atoms with Gasteiger partial charge in [0.05, 0.1) is 5.75 Å². The Balaban J connectivity index is 1.55. The standard InChI is InChI=1S/C23H27N5OS/c1-26(2)20-14-9-15-27(16-20)21(29)17-30-23-25-24-22(18-10-5-3-6-11-18)28(23)19-12-7-4-8-13-19/h3-8,10-13,20H,9,14-17H2,1-2H3. The molecule has 6 nitrogen and oxygen atoms in total. The second-order valence-corrected chi connectivity index (χ2v) is 8.67. The van der Waals surface area contributed by atoms with E-state index in [1.807, 2.05) is 70.1 Å². The number of benzene rings is 2. The van der Waals surface area contributed by atoms with E-state index in [2.05, 4.69) is 29.2 Å². The number of carbonyl (C=O) groups excluding carboxylic acids is 1. The van der Waals surface area contributed by atoms with Gasteiger partial charge in [0, 0.05) is 30.4 Å². The predicted octanol–water partition coefficient (Wildman–Crippen LogP) is 3.58. The number of hydrogen-bond donors (Lipinski definition) is 0. The topological polar surface area (TPSA) is 54.3 Å². The Morgan fingerprint density at radius 1 is 1.07 bits per heavy atom. The van der Waals surface area contributed by atoms with Crippen molar-refractivity contribution < 1.29 is 4.79 Å². The summed E-state index contributed by atoms with van der Waals surface area (Å²) in [7, 11) is 4.17. The maximum atomic E-state index is 12.9. The van der Waals surface area contributed by atoms with Gasteiger partial charge < -0.3 is 9.80 Å². The van der Waals surface area contributed by atoms with Crippen LogP contribution >= 0.6 is 11.8 Å². The summed E-state index contributed by atoms with van der Waals surface area (Å²) in [6.45, 7) is 1.64. The smallest absolute Gasteiger partial charge is 0.233 e. The van der Waals surface area contributed by atoms with E-state index in [0.717, 1.165) is 48.2 Å². The number of aromatic nitrogens is 3. The van der Waals surface area contributed by atoms with Gasteiger partial charge in [-0.25, -0.2) is 0 Å². The molecule has 0 N–H and O–H groups in total. The molecule has 1 atom stereocenters. The maximum absolute atomic E-state index is 12.9. The van der Waals surface area contributed by atoms with Crippen LogP contribution < -0.4 is 0 Å². The molecule has 0 saturated carbocycles. The first-order valence-electron chi connectivity index (χ1n) is 10.3. The second kappa shape index (κ2) is 9.45. The van der Waals surface area contributed by atoms with Gasteiger partial charge in [0.15, 0.2) is 11.0 Å². The van der Waals surface area contributed by atoms with Crippen LogP contribution in [0.3, 0.4) is 0 Å². The van der Waals surface area contributed by atoms with Crippen molar-refractivity contribution in [2.24, 2.45) is 0 Å². The van der Waals surface area contributed by atoms with Gasteiger partial charge in [-0.2, -0.15) is 0 Å². The van der Waals surface area contributed by atoms with Crippen molar-refractivity contribution >= 4 is 17.7 Å². The molecule has 0 bridgehead atoms. The van der Waals surface area contributed by atoms with E-state index >= 15 is 0 Å². The van der Waals surface area contributed by atoms with Crippen molar-refractivity contribution in [1.29, 1.82) is 0 Å². The molecule has 1 aliphatic heterocycles. The fraction of sp³-hybridized carbons (Fsp3) is 0.348. The molecule has 1 fully saturated rings. The molecule has 3 aromatic rings. The van der Waals surface area contributed by atoms with Crippen LogP contribution in [0.15, 0.2) is 65.8 Å². The lowest BCUT2D eigenvalue weighted by Crippen LogP contribution is -2.48. The van der Waals surface area contributed by atoms with E-state index in [1.54, 1.807) is 0 Å². The third-order valence-corrected chi connectivity index (χ3v) is 6.40. The van der Waals surface area contributed by atoms with Crippen molar-refractivity contribution in [1.82, 2.24) is 24.6 Å². The highest BCUT2D eigenvalue weighted by molar-refractivity contribution is 7.99. The number of piperidine rings is 1. The van der Waals surface area contributed by atoms with Crippen LogP contribution in [0.2, 0.25) is 0 Å². The van der Waals surface area contributed by atoms with Crippen molar-refractivity contribution in [3.05, 3.63) is 60.7 Å². The predicted molar refractivity (Wildman–Crippen MR) is 121 cm³/mol. The van der Waals surface area contributed by atoms with Gasteiger partial charge in [0.25, 0.3) is 0 Å². The molecule has 2 heterocycles. The Labute approximate surface area is 181 Å². The van der Waals surface area contributed by atoms with E-state index in [0.29, 0.717) is 11.8 Å². The Hall–Kier alpha value is -2.64. The van der Waals surface area contributed by atoms with E-state index in [-0.39, 0.29) is 5.91 Å². The lowest BCUT2D eigenvalue weighted by molar-refractivity contribution is -0.130. The lowest BCUT2D eigenvalue weighted by Gasteiger charge is -2.36. The quantitative estimate of drug-likeness (QED) is 0.570. The maximum Gasteiger partial charge on any atom is 0.233 e. The number of amides is 1. The molecule has 0 radical (unpaired) electrons. The third-order valence-electron chi connectivity index (χ3n) is 5.48. The number of nitrogens with zero attached hydrogens (tertiary/aromatic N) is 5. The number of carbonyl (C=O) groups is 1. The minimum absolute atomic E-state index is 0.162. The van der Waals surface area contributed by atoms with E-state index in [9.17, 15) is 4.79 Å².